The van der Waals surface area contributed by atoms with Crippen LogP contribution in [0.25, 0.3) is 111 Å². The molecule has 0 aliphatic heterocycles. The maximum absolute atomic E-state index is 6.50. The maximum atomic E-state index is 6.50. The number of aromatic nitrogens is 2. The van der Waals surface area contributed by atoms with Crippen molar-refractivity contribution < 1.29 is 8.83 Å². The largest absolute Gasteiger partial charge is 0.456 e. The molecule has 4 heterocycles. The van der Waals surface area contributed by atoms with Crippen molar-refractivity contribution in [2.45, 2.75) is 6.42 Å². The summed E-state index contributed by atoms with van der Waals surface area (Å²) in [5.74, 6) is 0.916. The first-order valence-electron chi connectivity index (χ1n) is 20.2. The molecule has 13 rings (SSSR count). The third kappa shape index (κ3) is 4.84. The van der Waals surface area contributed by atoms with Gasteiger partial charge in [-0.3, -0.25) is 0 Å². The first kappa shape index (κ1) is 32.3. The maximum Gasteiger partial charge on any atom is 0.135 e. The fraction of sp³-hybridized carbons (Fsp3) is 0.0182. The summed E-state index contributed by atoms with van der Waals surface area (Å²) in [5.41, 5.74) is 15.6. The highest BCUT2D eigenvalue weighted by molar-refractivity contribution is 6.12. The van der Waals surface area contributed by atoms with E-state index in [2.05, 4.69) is 203 Å². The zero-order chi connectivity index (χ0) is 38.6. The van der Waals surface area contributed by atoms with Crippen LogP contribution < -0.4 is 0 Å². The van der Waals surface area contributed by atoms with Crippen molar-refractivity contribution in [2.24, 2.45) is 0 Å². The summed E-state index contributed by atoms with van der Waals surface area (Å²) in [5, 5.41) is 8.39. The van der Waals surface area contributed by atoms with Crippen molar-refractivity contribution in [3.05, 3.63) is 205 Å². The van der Waals surface area contributed by atoms with Crippen LogP contribution in [0.1, 0.15) is 16.9 Å². The van der Waals surface area contributed by atoms with Gasteiger partial charge in [-0.15, -0.1) is 0 Å². The number of hydrogen-bond donors (Lipinski definition) is 0. The second-order valence-electron chi connectivity index (χ2n) is 15.6. The molecular weight excluding hydrogens is 721 g/mol. The van der Waals surface area contributed by atoms with Gasteiger partial charge in [0.1, 0.15) is 22.5 Å². The zero-order valence-electron chi connectivity index (χ0n) is 31.9. The average molecular weight is 755 g/mol. The van der Waals surface area contributed by atoms with E-state index in [1.54, 1.807) is 0 Å². The van der Waals surface area contributed by atoms with Crippen molar-refractivity contribution >= 4 is 88.2 Å². The van der Waals surface area contributed by atoms with Crippen molar-refractivity contribution in [1.29, 1.82) is 0 Å². The third-order valence-electron chi connectivity index (χ3n) is 12.4. The Balaban J connectivity index is 0.860. The molecule has 0 amide bonds. The van der Waals surface area contributed by atoms with E-state index >= 15 is 0 Å². The number of allylic oxidation sites excluding steroid dienone is 3. The van der Waals surface area contributed by atoms with Crippen LogP contribution in [0, 0.1) is 0 Å². The minimum absolute atomic E-state index is 0.771. The Labute approximate surface area is 338 Å². The first-order chi connectivity index (χ1) is 29.2. The Hall–Kier alpha value is -7.82. The minimum Gasteiger partial charge on any atom is -0.456 e. The summed E-state index contributed by atoms with van der Waals surface area (Å²) in [4.78, 5) is 0. The van der Waals surface area contributed by atoms with Gasteiger partial charge in [0.25, 0.3) is 0 Å². The summed E-state index contributed by atoms with van der Waals surface area (Å²) >= 11 is 0. The zero-order valence-corrected chi connectivity index (χ0v) is 31.9. The van der Waals surface area contributed by atoms with Gasteiger partial charge in [0.2, 0.25) is 0 Å². The van der Waals surface area contributed by atoms with Gasteiger partial charge in [0, 0.05) is 54.6 Å². The molecule has 12 aromatic rings. The molecule has 4 aromatic heterocycles. The second-order valence-corrected chi connectivity index (χ2v) is 15.6. The highest BCUT2D eigenvalue weighted by Gasteiger charge is 2.19. The number of benzene rings is 8. The molecule has 0 saturated heterocycles. The number of nitrogens with zero attached hydrogens (tertiary/aromatic N) is 2. The topological polar surface area (TPSA) is 36.1 Å². The molecule has 1 aliphatic carbocycles. The molecule has 276 valence electrons. The summed E-state index contributed by atoms with van der Waals surface area (Å²) < 4.78 is 17.6. The second kappa shape index (κ2) is 12.3. The summed E-state index contributed by atoms with van der Waals surface area (Å²) in [6, 6.07) is 63.2. The molecule has 0 saturated carbocycles. The van der Waals surface area contributed by atoms with E-state index in [4.69, 9.17) is 8.83 Å². The minimum atomic E-state index is 0.771. The van der Waals surface area contributed by atoms with Gasteiger partial charge < -0.3 is 18.0 Å². The van der Waals surface area contributed by atoms with Crippen LogP contribution in [0.5, 0.6) is 0 Å². The lowest BCUT2D eigenvalue weighted by atomic mass is 9.97. The van der Waals surface area contributed by atoms with Crippen LogP contribution in [-0.2, 0) is 6.42 Å². The van der Waals surface area contributed by atoms with Crippen molar-refractivity contribution in [3.8, 4) is 22.5 Å². The van der Waals surface area contributed by atoms with Crippen LogP contribution in [0.15, 0.2) is 197 Å². The van der Waals surface area contributed by atoms with Gasteiger partial charge in [-0.2, -0.15) is 0 Å². The Kier molecular flexibility index (Phi) is 6.75. The van der Waals surface area contributed by atoms with Gasteiger partial charge in [-0.1, -0.05) is 109 Å². The lowest BCUT2D eigenvalue weighted by Gasteiger charge is -2.09. The van der Waals surface area contributed by atoms with Crippen LogP contribution in [-0.4, -0.2) is 9.13 Å². The summed E-state index contributed by atoms with van der Waals surface area (Å²) in [6.07, 6.45) is 7.45. The summed E-state index contributed by atoms with van der Waals surface area (Å²) in [6.45, 7) is 0. The fourth-order valence-electron chi connectivity index (χ4n) is 9.66. The Morgan fingerprint density at radius 2 is 0.847 bits per heavy atom. The van der Waals surface area contributed by atoms with Crippen LogP contribution in [0.2, 0.25) is 0 Å². The Morgan fingerprint density at radius 1 is 0.356 bits per heavy atom. The van der Waals surface area contributed by atoms with E-state index in [0.717, 1.165) is 67.6 Å². The molecule has 0 unspecified atom stereocenters. The van der Waals surface area contributed by atoms with E-state index < -0.39 is 0 Å². The molecule has 1 aliphatic rings. The quantitative estimate of drug-likeness (QED) is 0.179. The summed E-state index contributed by atoms with van der Waals surface area (Å²) in [7, 11) is 0. The fourth-order valence-corrected chi connectivity index (χ4v) is 9.66. The predicted octanol–water partition coefficient (Wildman–Crippen LogP) is 14.8. The normalized spacial score (nSPS) is 13.1. The monoisotopic (exact) mass is 754 g/mol. The van der Waals surface area contributed by atoms with Crippen molar-refractivity contribution in [1.82, 2.24) is 9.13 Å². The lowest BCUT2D eigenvalue weighted by Crippen LogP contribution is -1.93. The third-order valence-corrected chi connectivity index (χ3v) is 12.4. The number of rotatable bonds is 4. The van der Waals surface area contributed by atoms with E-state index in [1.807, 2.05) is 0 Å². The molecule has 0 atom stereocenters. The van der Waals surface area contributed by atoms with Gasteiger partial charge in [0.05, 0.1) is 22.1 Å². The van der Waals surface area contributed by atoms with Crippen LogP contribution in [0.4, 0.5) is 0 Å². The highest BCUT2D eigenvalue weighted by atomic mass is 16.3. The number of para-hydroxylation sites is 4. The van der Waals surface area contributed by atoms with Crippen molar-refractivity contribution in [3.63, 3.8) is 0 Å². The molecule has 0 bridgehead atoms. The van der Waals surface area contributed by atoms with Gasteiger partial charge in [-0.05, 0) is 114 Å². The smallest absolute Gasteiger partial charge is 0.135 e. The molecule has 0 fully saturated rings. The predicted molar refractivity (Wildman–Crippen MR) is 245 cm³/mol. The standard InChI is InChI=1S/C55H34N2O2/c1-5-16-48-40(12-1)41-13-2-6-17-49(41)56(48)38-23-28-54-46(32-38)44-25-20-34(21-26-52(44)58-54)35-10-9-11-36(30-35)37-22-27-53-45(31-37)47-33-39(24-29-55(47)59-53)57-50-18-7-3-14-42(50)43-15-4-8-19-51(43)57/h1-24,26-33H,25H2. The Bertz CT molecular complexity index is 3660. The van der Waals surface area contributed by atoms with Crippen molar-refractivity contribution in [2.75, 3.05) is 0 Å². The van der Waals surface area contributed by atoms with E-state index in [0.29, 0.717) is 0 Å². The lowest BCUT2D eigenvalue weighted by molar-refractivity contribution is 0.600. The molecule has 4 nitrogen and oxygen atoms in total. The molecule has 4 heteroatoms. The molecule has 8 aromatic carbocycles. The molecule has 59 heavy (non-hydrogen) atoms. The van der Waals surface area contributed by atoms with Crippen LogP contribution in [0.3, 0.4) is 0 Å². The molecular formula is C55H34N2O2. The number of hydrogen-bond acceptors (Lipinski definition) is 2. The average Bonchev–Trinajstić information content (AvgIpc) is 3.99. The first-order valence-corrected chi connectivity index (χ1v) is 20.2. The number of furan rings is 2. The van der Waals surface area contributed by atoms with Gasteiger partial charge in [-0.25, -0.2) is 0 Å². The van der Waals surface area contributed by atoms with E-state index in [1.165, 1.54) is 60.3 Å². The van der Waals surface area contributed by atoms with Crippen LogP contribution >= 0.6 is 0 Å². The van der Waals surface area contributed by atoms with E-state index in [-0.39, 0.29) is 0 Å². The molecule has 0 radical (unpaired) electrons. The highest BCUT2D eigenvalue weighted by Crippen LogP contribution is 2.39. The SMILES string of the molecule is C1=Cc2oc3ccc(-n4c5ccccc5c5ccccc54)cc3c2CC=C1c1cccc(-c2ccc3oc4ccc(-n5c6ccccc6c6ccccc65)cc4c3c2)c1. The van der Waals surface area contributed by atoms with E-state index in [9.17, 15) is 0 Å². The number of fused-ring (bicyclic) bond motifs is 12. The van der Waals surface area contributed by atoms with Gasteiger partial charge in [0.15, 0.2) is 0 Å². The molecule has 0 N–H and O–H groups in total. The Morgan fingerprint density at radius 3 is 1.46 bits per heavy atom. The van der Waals surface area contributed by atoms with Gasteiger partial charge >= 0.3 is 0 Å². The molecule has 0 spiro atoms.